The van der Waals surface area contributed by atoms with Gasteiger partial charge >= 0.3 is 0 Å². The van der Waals surface area contributed by atoms with E-state index in [1.54, 1.807) is 35.3 Å². The van der Waals surface area contributed by atoms with Crippen LogP contribution in [0.2, 0.25) is 5.02 Å². The van der Waals surface area contributed by atoms with Crippen LogP contribution in [0.4, 0.5) is 5.69 Å². The minimum atomic E-state index is -0.178. The number of benzene rings is 2. The Balaban J connectivity index is 1.80. The van der Waals surface area contributed by atoms with E-state index in [0.29, 0.717) is 17.1 Å². The van der Waals surface area contributed by atoms with Crippen molar-refractivity contribution in [3.8, 4) is 0 Å². The summed E-state index contributed by atoms with van der Waals surface area (Å²) >= 11 is 5.83. The molecule has 3 rings (SSSR count). The number of carbonyl (C=O) groups excluding carboxylic acids is 1. The monoisotopic (exact) mass is 312 g/mol. The van der Waals surface area contributed by atoms with Crippen LogP contribution in [-0.2, 0) is 6.54 Å². The molecule has 110 valence electrons. The predicted molar refractivity (Wildman–Crippen MR) is 85.0 cm³/mol. The molecule has 0 bridgehead atoms. The van der Waals surface area contributed by atoms with Crippen LogP contribution in [0.3, 0.4) is 0 Å². The largest absolute Gasteiger partial charge is 0.322 e. The number of hydrogen-bond donors (Lipinski definition) is 1. The van der Waals surface area contributed by atoms with E-state index in [1.807, 2.05) is 24.3 Å². The topological polar surface area (TPSA) is 59.8 Å². The molecule has 1 heterocycles. The summed E-state index contributed by atoms with van der Waals surface area (Å²) in [6.07, 6.45) is 3.12. The van der Waals surface area contributed by atoms with Crippen molar-refractivity contribution >= 4 is 23.2 Å². The summed E-state index contributed by atoms with van der Waals surface area (Å²) in [7, 11) is 0. The van der Waals surface area contributed by atoms with Crippen molar-refractivity contribution in [2.75, 3.05) is 5.32 Å². The molecule has 0 unspecified atom stereocenters. The van der Waals surface area contributed by atoms with E-state index in [0.717, 1.165) is 11.3 Å². The van der Waals surface area contributed by atoms with Gasteiger partial charge in [-0.15, -0.1) is 0 Å². The number of carbonyl (C=O) groups is 1. The first-order valence-electron chi connectivity index (χ1n) is 6.69. The number of para-hydroxylation sites is 1. The number of nitrogens with zero attached hydrogens (tertiary/aromatic N) is 3. The van der Waals surface area contributed by atoms with E-state index in [1.165, 1.54) is 6.33 Å². The summed E-state index contributed by atoms with van der Waals surface area (Å²) in [4.78, 5) is 16.2. The summed E-state index contributed by atoms with van der Waals surface area (Å²) in [6, 6.07) is 14.4. The lowest BCUT2D eigenvalue weighted by Gasteiger charge is -2.11. The molecule has 3 aromatic rings. The standard InChI is InChI=1S/C16H13ClN4O/c17-14-7-5-12(6-8-14)16(22)20-15-4-2-1-3-13(15)9-21-11-18-10-19-21/h1-8,10-11H,9H2,(H,20,22). The molecule has 0 atom stereocenters. The summed E-state index contributed by atoms with van der Waals surface area (Å²) in [5.41, 5.74) is 2.26. The third-order valence-electron chi connectivity index (χ3n) is 3.17. The summed E-state index contributed by atoms with van der Waals surface area (Å²) in [5.74, 6) is -0.178. The summed E-state index contributed by atoms with van der Waals surface area (Å²) < 4.78 is 1.70. The minimum Gasteiger partial charge on any atom is -0.322 e. The first-order valence-corrected chi connectivity index (χ1v) is 7.07. The second-order valence-corrected chi connectivity index (χ2v) is 5.15. The van der Waals surface area contributed by atoms with Gasteiger partial charge in [-0.1, -0.05) is 29.8 Å². The van der Waals surface area contributed by atoms with Crippen molar-refractivity contribution in [2.24, 2.45) is 0 Å². The lowest BCUT2D eigenvalue weighted by atomic mass is 10.1. The first kappa shape index (κ1) is 14.3. The van der Waals surface area contributed by atoms with Crippen LogP contribution >= 0.6 is 11.6 Å². The van der Waals surface area contributed by atoms with Crippen molar-refractivity contribution in [3.63, 3.8) is 0 Å². The Morgan fingerprint density at radius 1 is 1.14 bits per heavy atom. The van der Waals surface area contributed by atoms with Gasteiger partial charge in [0.25, 0.3) is 5.91 Å². The van der Waals surface area contributed by atoms with E-state index in [2.05, 4.69) is 15.4 Å². The zero-order valence-corrected chi connectivity index (χ0v) is 12.4. The normalized spacial score (nSPS) is 10.4. The molecule has 0 spiro atoms. The Labute approximate surface area is 132 Å². The molecule has 22 heavy (non-hydrogen) atoms. The fourth-order valence-electron chi connectivity index (χ4n) is 2.06. The number of anilines is 1. The Hall–Kier alpha value is -2.66. The molecular weight excluding hydrogens is 300 g/mol. The number of halogens is 1. The molecule has 1 amide bonds. The van der Waals surface area contributed by atoms with Crippen molar-refractivity contribution in [1.29, 1.82) is 0 Å². The van der Waals surface area contributed by atoms with Gasteiger partial charge in [0.1, 0.15) is 12.7 Å². The fraction of sp³-hybridized carbons (Fsp3) is 0.0625. The second-order valence-electron chi connectivity index (χ2n) is 4.71. The maximum absolute atomic E-state index is 12.3. The SMILES string of the molecule is O=C(Nc1ccccc1Cn1cncn1)c1ccc(Cl)cc1. The maximum Gasteiger partial charge on any atom is 0.255 e. The van der Waals surface area contributed by atoms with E-state index >= 15 is 0 Å². The van der Waals surface area contributed by atoms with E-state index in [9.17, 15) is 4.79 Å². The maximum atomic E-state index is 12.3. The summed E-state index contributed by atoms with van der Waals surface area (Å²) in [5, 5.41) is 7.59. The number of aromatic nitrogens is 3. The average molecular weight is 313 g/mol. The van der Waals surface area contributed by atoms with Gasteiger partial charge in [0.15, 0.2) is 0 Å². The molecule has 0 aliphatic carbocycles. The second kappa shape index (κ2) is 6.41. The van der Waals surface area contributed by atoms with Crippen LogP contribution in [-0.4, -0.2) is 20.7 Å². The van der Waals surface area contributed by atoms with Crippen LogP contribution in [0.5, 0.6) is 0 Å². The van der Waals surface area contributed by atoms with Crippen LogP contribution in [0.1, 0.15) is 15.9 Å². The molecule has 1 N–H and O–H groups in total. The van der Waals surface area contributed by atoms with Crippen LogP contribution < -0.4 is 5.32 Å². The molecule has 0 radical (unpaired) electrons. The molecule has 0 saturated carbocycles. The molecule has 5 nitrogen and oxygen atoms in total. The summed E-state index contributed by atoms with van der Waals surface area (Å²) in [6.45, 7) is 0.539. The van der Waals surface area contributed by atoms with Crippen LogP contribution in [0, 0.1) is 0 Å². The molecule has 0 aliphatic heterocycles. The average Bonchev–Trinajstić information content (AvgIpc) is 3.03. The van der Waals surface area contributed by atoms with Gasteiger partial charge in [-0.3, -0.25) is 4.79 Å². The molecule has 0 fully saturated rings. The van der Waals surface area contributed by atoms with Crippen LogP contribution in [0.25, 0.3) is 0 Å². The third kappa shape index (κ3) is 3.32. The van der Waals surface area contributed by atoms with Crippen molar-refractivity contribution in [2.45, 2.75) is 6.54 Å². The molecule has 0 saturated heterocycles. The highest BCUT2D eigenvalue weighted by Gasteiger charge is 2.09. The van der Waals surface area contributed by atoms with Gasteiger partial charge in [0.05, 0.1) is 6.54 Å². The quantitative estimate of drug-likeness (QED) is 0.804. The molecule has 1 aromatic heterocycles. The highest BCUT2D eigenvalue weighted by atomic mass is 35.5. The number of nitrogens with one attached hydrogen (secondary N) is 1. The van der Waals surface area contributed by atoms with Gasteiger partial charge in [-0.2, -0.15) is 5.10 Å². The van der Waals surface area contributed by atoms with Crippen molar-refractivity contribution < 1.29 is 4.79 Å². The molecular formula is C16H13ClN4O. The minimum absolute atomic E-state index is 0.178. The first-order chi connectivity index (χ1) is 10.7. The van der Waals surface area contributed by atoms with Gasteiger partial charge in [0, 0.05) is 16.3 Å². The number of hydrogen-bond acceptors (Lipinski definition) is 3. The Morgan fingerprint density at radius 3 is 2.64 bits per heavy atom. The molecule has 0 aliphatic rings. The van der Waals surface area contributed by atoms with E-state index in [4.69, 9.17) is 11.6 Å². The van der Waals surface area contributed by atoms with Gasteiger partial charge < -0.3 is 5.32 Å². The molecule has 2 aromatic carbocycles. The number of rotatable bonds is 4. The van der Waals surface area contributed by atoms with Gasteiger partial charge in [0.2, 0.25) is 0 Å². The Morgan fingerprint density at radius 2 is 1.91 bits per heavy atom. The zero-order valence-electron chi connectivity index (χ0n) is 11.6. The van der Waals surface area contributed by atoms with Gasteiger partial charge in [-0.25, -0.2) is 9.67 Å². The number of amides is 1. The molecule has 6 heteroatoms. The Bertz CT molecular complexity index is 769. The zero-order chi connectivity index (χ0) is 15.4. The van der Waals surface area contributed by atoms with Crippen molar-refractivity contribution in [3.05, 3.63) is 77.3 Å². The smallest absolute Gasteiger partial charge is 0.255 e. The van der Waals surface area contributed by atoms with E-state index in [-0.39, 0.29) is 5.91 Å². The Kier molecular flexibility index (Phi) is 4.16. The highest BCUT2D eigenvalue weighted by molar-refractivity contribution is 6.30. The third-order valence-corrected chi connectivity index (χ3v) is 3.42. The van der Waals surface area contributed by atoms with Crippen LogP contribution in [0.15, 0.2) is 61.2 Å². The predicted octanol–water partition coefficient (Wildman–Crippen LogP) is 3.23. The lowest BCUT2D eigenvalue weighted by Crippen LogP contribution is -2.14. The fourth-order valence-corrected chi connectivity index (χ4v) is 2.19. The van der Waals surface area contributed by atoms with Crippen molar-refractivity contribution in [1.82, 2.24) is 14.8 Å². The van der Waals surface area contributed by atoms with E-state index < -0.39 is 0 Å². The van der Waals surface area contributed by atoms with Gasteiger partial charge in [-0.05, 0) is 35.9 Å². The highest BCUT2D eigenvalue weighted by Crippen LogP contribution is 2.18. The lowest BCUT2D eigenvalue weighted by molar-refractivity contribution is 0.102.